The Hall–Kier alpha value is -2.92. The number of benzene rings is 2. The minimum Gasteiger partial charge on any atom is -0.497 e. The zero-order valence-electron chi connectivity index (χ0n) is 13.8. The highest BCUT2D eigenvalue weighted by atomic mass is 32.1. The van der Waals surface area contributed by atoms with Crippen LogP contribution in [0, 0.1) is 0 Å². The van der Waals surface area contributed by atoms with Crippen molar-refractivity contribution in [2.45, 2.75) is 0 Å². The van der Waals surface area contributed by atoms with Gasteiger partial charge in [0, 0.05) is 4.70 Å². The number of rotatable bonds is 5. The van der Waals surface area contributed by atoms with Crippen molar-refractivity contribution in [3.8, 4) is 11.5 Å². The third kappa shape index (κ3) is 3.78. The first-order valence-corrected chi connectivity index (χ1v) is 8.41. The molecule has 126 valence electrons. The van der Waals surface area contributed by atoms with Gasteiger partial charge in [-0.15, -0.1) is 0 Å². The van der Waals surface area contributed by atoms with E-state index in [9.17, 15) is 9.59 Å². The Morgan fingerprint density at radius 2 is 1.64 bits per heavy atom. The molecular formula is C20H16O4S. The maximum atomic E-state index is 12.4. The van der Waals surface area contributed by atoms with Crippen LogP contribution in [0.25, 0.3) is 16.2 Å². The highest BCUT2D eigenvalue weighted by Crippen LogP contribution is 2.23. The minimum atomic E-state index is -0.310. The molecule has 3 rings (SSSR count). The predicted molar refractivity (Wildman–Crippen MR) is 101 cm³/mol. The fourth-order valence-electron chi connectivity index (χ4n) is 2.37. The Bertz CT molecular complexity index is 1000. The predicted octanol–water partition coefficient (Wildman–Crippen LogP) is 4.17. The first-order chi connectivity index (χ1) is 12.1. The summed E-state index contributed by atoms with van der Waals surface area (Å²) in [5.41, 5.74) is 1.03. The molecule has 4 nitrogen and oxygen atoms in total. The number of allylic oxidation sites excluding steroid dienone is 1. The number of hydrogen-bond donors (Lipinski definition) is 0. The second-order valence-electron chi connectivity index (χ2n) is 5.32. The van der Waals surface area contributed by atoms with Crippen molar-refractivity contribution >= 4 is 33.3 Å². The second kappa shape index (κ2) is 7.32. The molecule has 0 saturated carbocycles. The van der Waals surface area contributed by atoms with E-state index in [1.807, 2.05) is 30.3 Å². The van der Waals surface area contributed by atoms with Gasteiger partial charge in [-0.1, -0.05) is 29.5 Å². The maximum absolute atomic E-state index is 12.4. The number of hydrogen-bond acceptors (Lipinski definition) is 5. The van der Waals surface area contributed by atoms with E-state index in [-0.39, 0.29) is 16.1 Å². The summed E-state index contributed by atoms with van der Waals surface area (Å²) in [6.07, 6.45) is 3.10. The zero-order valence-corrected chi connectivity index (χ0v) is 14.6. The van der Waals surface area contributed by atoms with Crippen molar-refractivity contribution in [3.63, 3.8) is 0 Å². The van der Waals surface area contributed by atoms with Crippen LogP contribution in [0.1, 0.15) is 15.9 Å². The highest BCUT2D eigenvalue weighted by molar-refractivity contribution is 7.16. The maximum Gasteiger partial charge on any atom is 0.244 e. The molecule has 0 bridgehead atoms. The number of fused-ring (bicyclic) bond motifs is 1. The average molecular weight is 352 g/mol. The van der Waals surface area contributed by atoms with Gasteiger partial charge in [0.1, 0.15) is 11.5 Å². The lowest BCUT2D eigenvalue weighted by atomic mass is 10.1. The van der Waals surface area contributed by atoms with Crippen molar-refractivity contribution in [1.82, 2.24) is 0 Å². The quantitative estimate of drug-likeness (QED) is 0.511. The van der Waals surface area contributed by atoms with Crippen molar-refractivity contribution in [2.75, 3.05) is 14.2 Å². The molecule has 0 spiro atoms. The third-order valence-corrected chi connectivity index (χ3v) is 4.73. The zero-order chi connectivity index (χ0) is 17.8. The van der Waals surface area contributed by atoms with Crippen LogP contribution in [0.3, 0.4) is 0 Å². The van der Waals surface area contributed by atoms with Gasteiger partial charge >= 0.3 is 0 Å². The third-order valence-electron chi connectivity index (χ3n) is 3.75. The van der Waals surface area contributed by atoms with Crippen molar-refractivity contribution in [2.24, 2.45) is 0 Å². The summed E-state index contributed by atoms with van der Waals surface area (Å²) in [6, 6.07) is 14.4. The number of carbonyl (C=O) groups is 1. The van der Waals surface area contributed by atoms with Crippen LogP contribution in [0.15, 0.2) is 59.4 Å². The van der Waals surface area contributed by atoms with Crippen molar-refractivity contribution < 1.29 is 14.3 Å². The molecule has 1 heterocycles. The molecule has 5 heteroatoms. The second-order valence-corrected chi connectivity index (χ2v) is 6.34. The Morgan fingerprint density at radius 1 is 0.960 bits per heavy atom. The molecule has 2 aromatic carbocycles. The van der Waals surface area contributed by atoms with E-state index < -0.39 is 0 Å². The average Bonchev–Trinajstić information content (AvgIpc) is 2.65. The van der Waals surface area contributed by atoms with Gasteiger partial charge in [-0.3, -0.25) is 9.59 Å². The van der Waals surface area contributed by atoms with E-state index in [1.165, 1.54) is 6.08 Å². The Balaban J connectivity index is 1.89. The Labute approximate surface area is 149 Å². The van der Waals surface area contributed by atoms with Crippen LogP contribution < -0.4 is 14.2 Å². The summed E-state index contributed by atoms with van der Waals surface area (Å²) in [5.74, 6) is 1.12. The van der Waals surface area contributed by atoms with E-state index >= 15 is 0 Å². The van der Waals surface area contributed by atoms with Crippen molar-refractivity contribution in [1.29, 1.82) is 0 Å². The van der Waals surface area contributed by atoms with Crippen LogP contribution in [-0.4, -0.2) is 20.0 Å². The van der Waals surface area contributed by atoms with E-state index in [0.717, 1.165) is 32.7 Å². The van der Waals surface area contributed by atoms with Gasteiger partial charge in [0.25, 0.3) is 0 Å². The molecule has 0 aliphatic carbocycles. The van der Waals surface area contributed by atoms with Gasteiger partial charge in [-0.2, -0.15) is 0 Å². The molecule has 3 aromatic rings. The molecule has 0 aliphatic rings. The monoisotopic (exact) mass is 352 g/mol. The van der Waals surface area contributed by atoms with E-state index in [0.29, 0.717) is 5.75 Å². The van der Waals surface area contributed by atoms with Gasteiger partial charge < -0.3 is 9.47 Å². The van der Waals surface area contributed by atoms with Crippen molar-refractivity contribution in [3.05, 3.63) is 75.3 Å². The molecule has 0 amide bonds. The van der Waals surface area contributed by atoms with Crippen LogP contribution in [0.5, 0.6) is 11.5 Å². The summed E-state index contributed by atoms with van der Waals surface area (Å²) >= 11 is 1.05. The first-order valence-electron chi connectivity index (χ1n) is 7.59. The summed E-state index contributed by atoms with van der Waals surface area (Å²) in [7, 11) is 3.17. The lowest BCUT2D eigenvalue weighted by Crippen LogP contribution is -2.09. The molecule has 0 fully saturated rings. The Morgan fingerprint density at radius 3 is 2.32 bits per heavy atom. The highest BCUT2D eigenvalue weighted by Gasteiger charge is 2.10. The molecule has 0 atom stereocenters. The molecule has 1 aromatic heterocycles. The summed E-state index contributed by atoms with van der Waals surface area (Å²) < 4.78 is 10.8. The molecule has 0 aliphatic heterocycles. The first kappa shape index (κ1) is 16.9. The number of carbonyl (C=O) groups excluding carboxylic acids is 1. The summed E-state index contributed by atoms with van der Waals surface area (Å²) in [6.45, 7) is 0. The summed E-state index contributed by atoms with van der Waals surface area (Å²) in [5, 5.41) is 0.839. The topological polar surface area (TPSA) is 52.6 Å². The standard InChI is InChI=1S/C20H16O4S/c1-23-15-7-3-13(4-8-15)5-10-18(21)17-11-14-6-9-16(24-2)12-19(14)25-20(17)22/h3-12H,1-2H3/b10-5+. The van der Waals surface area contributed by atoms with E-state index in [2.05, 4.69) is 0 Å². The Kier molecular flexibility index (Phi) is 4.95. The van der Waals surface area contributed by atoms with Gasteiger partial charge in [0.2, 0.25) is 4.74 Å². The van der Waals surface area contributed by atoms with Gasteiger partial charge in [0.15, 0.2) is 5.78 Å². The number of ether oxygens (including phenoxy) is 2. The molecule has 0 N–H and O–H groups in total. The fourth-order valence-corrected chi connectivity index (χ4v) is 3.26. The van der Waals surface area contributed by atoms with Gasteiger partial charge in [-0.25, -0.2) is 0 Å². The van der Waals surface area contributed by atoms with Gasteiger partial charge in [0.05, 0.1) is 19.8 Å². The number of methoxy groups -OCH3 is 2. The lowest BCUT2D eigenvalue weighted by Gasteiger charge is -2.03. The largest absolute Gasteiger partial charge is 0.497 e. The van der Waals surface area contributed by atoms with E-state index in [1.54, 1.807) is 38.5 Å². The lowest BCUT2D eigenvalue weighted by molar-refractivity contribution is 0.104. The summed E-state index contributed by atoms with van der Waals surface area (Å²) in [4.78, 5) is 24.7. The van der Waals surface area contributed by atoms with Crippen LogP contribution in [-0.2, 0) is 0 Å². The minimum absolute atomic E-state index is 0.174. The van der Waals surface area contributed by atoms with Crippen LogP contribution in [0.2, 0.25) is 0 Å². The smallest absolute Gasteiger partial charge is 0.244 e. The molecule has 0 unspecified atom stereocenters. The normalized spacial score (nSPS) is 11.0. The number of ketones is 1. The fraction of sp³-hybridized carbons (Fsp3) is 0.100. The van der Waals surface area contributed by atoms with Gasteiger partial charge in [-0.05, 0) is 53.4 Å². The SMILES string of the molecule is COc1ccc(/C=C/C(=O)c2cc3ccc(OC)cc3sc2=O)cc1. The van der Waals surface area contributed by atoms with Crippen LogP contribution in [0.4, 0.5) is 0 Å². The van der Waals surface area contributed by atoms with Crippen LogP contribution >= 0.6 is 11.3 Å². The molecule has 0 radical (unpaired) electrons. The van der Waals surface area contributed by atoms with E-state index in [4.69, 9.17) is 9.47 Å². The molecule has 0 saturated heterocycles. The molecular weight excluding hydrogens is 336 g/mol. The molecule has 25 heavy (non-hydrogen) atoms.